The fourth-order valence-electron chi connectivity index (χ4n) is 6.07. The number of carbonyl (C=O) groups excluding carboxylic acids is 2. The van der Waals surface area contributed by atoms with Crippen LogP contribution < -0.4 is 15.5 Å². The van der Waals surface area contributed by atoms with Crippen LogP contribution in [0.25, 0.3) is 0 Å². The van der Waals surface area contributed by atoms with E-state index >= 15 is 0 Å². The monoisotopic (exact) mass is 579 g/mol. The number of thioether (sulfide) groups is 1. The van der Waals surface area contributed by atoms with Crippen LogP contribution >= 0.6 is 24.0 Å². The van der Waals surface area contributed by atoms with Gasteiger partial charge < -0.3 is 30.1 Å². The summed E-state index contributed by atoms with van der Waals surface area (Å²) in [5.74, 6) is 1.64. The van der Waals surface area contributed by atoms with Gasteiger partial charge in [0, 0.05) is 37.1 Å². The highest BCUT2D eigenvalue weighted by atomic mass is 32.2. The molecule has 2 N–H and O–H groups in total. The van der Waals surface area contributed by atoms with E-state index in [1.807, 2.05) is 51.9 Å². The molecule has 1 aliphatic carbocycles. The van der Waals surface area contributed by atoms with Gasteiger partial charge in [-0.2, -0.15) is 11.8 Å². The zero-order chi connectivity index (χ0) is 27.5. The van der Waals surface area contributed by atoms with Crippen molar-refractivity contribution < 1.29 is 14.3 Å². The van der Waals surface area contributed by atoms with Crippen LogP contribution in [0.5, 0.6) is 0 Å². The van der Waals surface area contributed by atoms with Crippen molar-refractivity contribution in [1.82, 2.24) is 15.1 Å². The first-order valence-electron chi connectivity index (χ1n) is 14.3. The zero-order valence-electron chi connectivity index (χ0n) is 22.7. The van der Waals surface area contributed by atoms with E-state index in [2.05, 4.69) is 39.8 Å². The molecule has 0 spiro atoms. The number of nitrogens with zero attached hydrogens (tertiary/aromatic N) is 3. The van der Waals surface area contributed by atoms with Crippen LogP contribution in [0, 0.1) is 0 Å². The molecular formula is C30H37N5O3S2. The molecule has 2 amide bonds. The Morgan fingerprint density at radius 2 is 1.75 bits per heavy atom. The summed E-state index contributed by atoms with van der Waals surface area (Å²) >= 11 is 7.49. The van der Waals surface area contributed by atoms with Gasteiger partial charge in [0.25, 0.3) is 0 Å². The van der Waals surface area contributed by atoms with Gasteiger partial charge in [-0.05, 0) is 79.2 Å². The number of hydrogen-bond acceptors (Lipinski definition) is 6. The lowest BCUT2D eigenvalue weighted by Crippen LogP contribution is -2.63. The van der Waals surface area contributed by atoms with Gasteiger partial charge in [0.2, 0.25) is 11.8 Å². The van der Waals surface area contributed by atoms with Crippen LogP contribution in [0.15, 0.2) is 54.6 Å². The van der Waals surface area contributed by atoms with Gasteiger partial charge in [0.15, 0.2) is 5.11 Å². The number of nitrogens with one attached hydrogen (secondary N) is 2. The first-order valence-corrected chi connectivity index (χ1v) is 15.8. The van der Waals surface area contributed by atoms with Crippen LogP contribution in [0.3, 0.4) is 0 Å². The molecule has 0 bridgehead atoms. The van der Waals surface area contributed by atoms with E-state index in [1.165, 1.54) is 0 Å². The van der Waals surface area contributed by atoms with Crippen molar-refractivity contribution in [1.29, 1.82) is 0 Å². The fraction of sp³-hybridized carbons (Fsp3) is 0.500. The average Bonchev–Trinajstić information content (AvgIpc) is 3.76. The molecule has 1 unspecified atom stereocenters. The Morgan fingerprint density at radius 1 is 1.05 bits per heavy atom. The second-order valence-corrected chi connectivity index (χ2v) is 12.6. The quantitative estimate of drug-likeness (QED) is 0.459. The standard InChI is InChI=1S/C30H37N5O3S2/c36-27(21-34-20-26(32-29(34)39)22-4-2-1-3-5-22)35(25-10-11-25)30(12-18-40-19-13-30)28(37)31-23-6-8-24(9-7-23)33-14-16-38-17-15-33/h1-9,25-26H,10-21H2,(H,31,37)(H,32,39). The minimum atomic E-state index is -0.847. The fourth-order valence-corrected chi connectivity index (χ4v) is 7.52. The predicted octanol–water partition coefficient (Wildman–Crippen LogP) is 3.65. The third kappa shape index (κ3) is 5.80. The SMILES string of the molecule is O=C(CN1CC(c2ccccc2)NC1=S)N(C1CC1)C1(C(=O)Nc2ccc(N3CCOCC3)cc2)CCSCC1. The largest absolute Gasteiger partial charge is 0.378 e. The van der Waals surface area contributed by atoms with Crippen molar-refractivity contribution in [3.63, 3.8) is 0 Å². The molecule has 2 aromatic rings. The summed E-state index contributed by atoms with van der Waals surface area (Å²) in [4.78, 5) is 34.3. The Hall–Kier alpha value is -2.82. The molecule has 10 heteroatoms. The summed E-state index contributed by atoms with van der Waals surface area (Å²) in [6.45, 7) is 4.02. The van der Waals surface area contributed by atoms with E-state index < -0.39 is 5.54 Å². The van der Waals surface area contributed by atoms with Crippen LogP contribution in [-0.4, -0.2) is 89.2 Å². The molecule has 3 aliphatic heterocycles. The van der Waals surface area contributed by atoms with Crippen molar-refractivity contribution in [3.8, 4) is 0 Å². The average molecular weight is 580 g/mol. The summed E-state index contributed by atoms with van der Waals surface area (Å²) in [6.07, 6.45) is 3.20. The van der Waals surface area contributed by atoms with Gasteiger partial charge in [0.1, 0.15) is 5.54 Å². The lowest BCUT2D eigenvalue weighted by atomic mass is 9.87. The molecule has 212 valence electrons. The van der Waals surface area contributed by atoms with Gasteiger partial charge in [-0.25, -0.2) is 0 Å². The maximum absolute atomic E-state index is 14.1. The van der Waals surface area contributed by atoms with Crippen molar-refractivity contribution >= 4 is 52.3 Å². The molecule has 3 saturated heterocycles. The molecule has 6 rings (SSSR count). The molecule has 0 aromatic heterocycles. The van der Waals surface area contributed by atoms with Gasteiger partial charge in [-0.1, -0.05) is 30.3 Å². The van der Waals surface area contributed by atoms with Crippen molar-refractivity contribution in [2.45, 2.75) is 43.3 Å². The molecular weight excluding hydrogens is 542 g/mol. The van der Waals surface area contributed by atoms with Gasteiger partial charge in [-0.15, -0.1) is 0 Å². The Bertz CT molecular complexity index is 1210. The first-order chi connectivity index (χ1) is 19.5. The Balaban J connectivity index is 1.17. The smallest absolute Gasteiger partial charge is 0.250 e. The summed E-state index contributed by atoms with van der Waals surface area (Å²) in [7, 11) is 0. The normalized spacial score (nSPS) is 22.5. The number of morpholine rings is 1. The first kappa shape index (κ1) is 27.4. The minimum Gasteiger partial charge on any atom is -0.378 e. The van der Waals surface area contributed by atoms with Crippen LogP contribution in [0.2, 0.25) is 0 Å². The van der Waals surface area contributed by atoms with Crippen LogP contribution in [-0.2, 0) is 14.3 Å². The highest BCUT2D eigenvalue weighted by Crippen LogP contribution is 2.41. The number of hydrogen-bond donors (Lipinski definition) is 2. The highest BCUT2D eigenvalue weighted by Gasteiger charge is 2.52. The highest BCUT2D eigenvalue weighted by molar-refractivity contribution is 7.99. The molecule has 4 aliphatic rings. The second kappa shape index (κ2) is 12.0. The molecule has 40 heavy (non-hydrogen) atoms. The van der Waals surface area contributed by atoms with Crippen molar-refractivity contribution in [2.24, 2.45) is 0 Å². The summed E-state index contributed by atoms with van der Waals surface area (Å²) in [6, 6.07) is 18.4. The number of carbonyl (C=O) groups is 2. The molecule has 3 heterocycles. The number of thiocarbonyl (C=S) groups is 1. The minimum absolute atomic E-state index is 0.00919. The molecule has 2 aromatic carbocycles. The van der Waals surface area contributed by atoms with E-state index in [0.29, 0.717) is 24.5 Å². The van der Waals surface area contributed by atoms with Gasteiger partial charge in [-0.3, -0.25) is 9.59 Å². The third-order valence-corrected chi connectivity index (χ3v) is 9.76. The number of benzene rings is 2. The van der Waals surface area contributed by atoms with E-state index in [4.69, 9.17) is 17.0 Å². The Labute approximate surface area is 245 Å². The summed E-state index contributed by atoms with van der Waals surface area (Å²) in [5, 5.41) is 7.16. The maximum atomic E-state index is 14.1. The van der Waals surface area contributed by atoms with E-state index in [0.717, 1.165) is 67.6 Å². The Morgan fingerprint density at radius 3 is 2.42 bits per heavy atom. The molecule has 8 nitrogen and oxygen atoms in total. The van der Waals surface area contributed by atoms with Gasteiger partial charge >= 0.3 is 0 Å². The molecule has 4 fully saturated rings. The number of ether oxygens (including phenoxy) is 1. The van der Waals surface area contributed by atoms with E-state index in [1.54, 1.807) is 0 Å². The second-order valence-electron chi connectivity index (χ2n) is 11.0. The van der Waals surface area contributed by atoms with Crippen molar-refractivity contribution in [3.05, 3.63) is 60.2 Å². The van der Waals surface area contributed by atoms with E-state index in [9.17, 15) is 9.59 Å². The third-order valence-electron chi connectivity index (χ3n) is 8.40. The summed E-state index contributed by atoms with van der Waals surface area (Å²) < 4.78 is 5.47. The molecule has 1 atom stereocenters. The maximum Gasteiger partial charge on any atom is 0.250 e. The molecule has 0 radical (unpaired) electrons. The molecule has 1 saturated carbocycles. The van der Waals surface area contributed by atoms with Crippen molar-refractivity contribution in [2.75, 3.05) is 61.1 Å². The lowest BCUT2D eigenvalue weighted by molar-refractivity contribution is -0.147. The summed E-state index contributed by atoms with van der Waals surface area (Å²) in [5.41, 5.74) is 2.20. The number of rotatable bonds is 8. The number of anilines is 2. The number of amides is 2. The topological polar surface area (TPSA) is 77.2 Å². The van der Waals surface area contributed by atoms with Gasteiger partial charge in [0.05, 0.1) is 25.8 Å². The Kier molecular flexibility index (Phi) is 8.18. The lowest BCUT2D eigenvalue weighted by Gasteiger charge is -2.45. The van der Waals surface area contributed by atoms with E-state index in [-0.39, 0.29) is 30.4 Å². The zero-order valence-corrected chi connectivity index (χ0v) is 24.4. The predicted molar refractivity (Wildman–Crippen MR) is 164 cm³/mol. The van der Waals surface area contributed by atoms with Crippen LogP contribution in [0.1, 0.15) is 37.3 Å². The van der Waals surface area contributed by atoms with Crippen LogP contribution in [0.4, 0.5) is 11.4 Å².